The predicted molar refractivity (Wildman–Crippen MR) is 72.5 cm³/mol. The molecule has 0 aliphatic heterocycles. The maximum Gasteiger partial charge on any atom is 0.326 e. The smallest absolute Gasteiger partial charge is 0.326 e. The molecule has 3 N–H and O–H groups in total. The lowest BCUT2D eigenvalue weighted by atomic mass is 10.2. The number of rotatable bonds is 4. The first-order chi connectivity index (χ1) is 8.97. The first-order valence-electron chi connectivity index (χ1n) is 6.04. The van der Waals surface area contributed by atoms with E-state index >= 15 is 0 Å². The van der Waals surface area contributed by atoms with Gasteiger partial charge in [-0.2, -0.15) is 0 Å². The molecule has 1 aliphatic rings. The highest BCUT2D eigenvalue weighted by Crippen LogP contribution is 2.32. The number of anilines is 1. The van der Waals surface area contributed by atoms with Gasteiger partial charge < -0.3 is 15.7 Å². The number of benzene rings is 1. The summed E-state index contributed by atoms with van der Waals surface area (Å²) in [6, 6.07) is 3.78. The lowest BCUT2D eigenvalue weighted by Crippen LogP contribution is -2.44. The van der Waals surface area contributed by atoms with Crippen LogP contribution in [-0.4, -0.2) is 23.1 Å². The molecule has 0 radical (unpaired) electrons. The van der Waals surface area contributed by atoms with Gasteiger partial charge in [0.15, 0.2) is 0 Å². The van der Waals surface area contributed by atoms with E-state index in [1.807, 2.05) is 6.92 Å². The Kier molecular flexibility index (Phi) is 3.95. The monoisotopic (exact) mass is 282 g/mol. The van der Waals surface area contributed by atoms with Crippen molar-refractivity contribution in [3.63, 3.8) is 0 Å². The Labute approximate surface area is 116 Å². The van der Waals surface area contributed by atoms with Gasteiger partial charge in [-0.25, -0.2) is 9.59 Å². The molecule has 0 spiro atoms. The number of aliphatic carboxylic acids is 1. The van der Waals surface area contributed by atoms with E-state index in [0.717, 1.165) is 18.4 Å². The van der Waals surface area contributed by atoms with Gasteiger partial charge in [0.25, 0.3) is 0 Å². The fraction of sp³-hybridized carbons (Fsp3) is 0.385. The van der Waals surface area contributed by atoms with Crippen LogP contribution in [0.5, 0.6) is 0 Å². The average Bonchev–Trinajstić information content (AvgIpc) is 3.14. The third-order valence-corrected chi connectivity index (χ3v) is 3.48. The molecular weight excluding hydrogens is 268 g/mol. The summed E-state index contributed by atoms with van der Waals surface area (Å²) in [4.78, 5) is 22.7. The van der Waals surface area contributed by atoms with E-state index in [9.17, 15) is 9.59 Å². The van der Waals surface area contributed by atoms with Crippen molar-refractivity contribution in [3.05, 3.63) is 28.8 Å². The molecule has 0 saturated heterocycles. The Morgan fingerprint density at radius 2 is 2.11 bits per heavy atom. The summed E-state index contributed by atoms with van der Waals surface area (Å²) < 4.78 is 0. The van der Waals surface area contributed by atoms with Crippen molar-refractivity contribution < 1.29 is 14.7 Å². The van der Waals surface area contributed by atoms with Gasteiger partial charge in [-0.1, -0.05) is 17.7 Å². The summed E-state index contributed by atoms with van der Waals surface area (Å²) in [5.74, 6) is -0.954. The zero-order valence-electron chi connectivity index (χ0n) is 10.4. The number of amides is 2. The van der Waals surface area contributed by atoms with Crippen molar-refractivity contribution in [1.82, 2.24) is 5.32 Å². The van der Waals surface area contributed by atoms with Crippen LogP contribution in [0.15, 0.2) is 18.2 Å². The highest BCUT2D eigenvalue weighted by Gasteiger charge is 2.37. The Morgan fingerprint density at radius 1 is 1.42 bits per heavy atom. The van der Waals surface area contributed by atoms with Crippen molar-refractivity contribution in [1.29, 1.82) is 0 Å². The summed E-state index contributed by atoms with van der Waals surface area (Å²) in [6.45, 7) is 1.86. The molecule has 6 heteroatoms. The quantitative estimate of drug-likeness (QED) is 0.794. The lowest BCUT2D eigenvalue weighted by molar-refractivity contribution is -0.139. The van der Waals surface area contributed by atoms with E-state index in [1.165, 1.54) is 0 Å². The molecule has 19 heavy (non-hydrogen) atoms. The van der Waals surface area contributed by atoms with E-state index < -0.39 is 18.0 Å². The van der Waals surface area contributed by atoms with Crippen molar-refractivity contribution in [2.45, 2.75) is 25.8 Å². The first-order valence-corrected chi connectivity index (χ1v) is 6.41. The van der Waals surface area contributed by atoms with Crippen LogP contribution in [0.25, 0.3) is 0 Å². The summed E-state index contributed by atoms with van der Waals surface area (Å²) in [5, 5.41) is 14.6. The minimum absolute atomic E-state index is 0.0462. The maximum absolute atomic E-state index is 11.7. The molecule has 1 saturated carbocycles. The number of nitrogens with one attached hydrogen (secondary N) is 2. The number of carbonyl (C=O) groups is 2. The zero-order chi connectivity index (χ0) is 14.0. The maximum atomic E-state index is 11.7. The van der Waals surface area contributed by atoms with Crippen LogP contribution in [0.1, 0.15) is 18.4 Å². The van der Waals surface area contributed by atoms with Crippen molar-refractivity contribution in [2.24, 2.45) is 5.92 Å². The lowest BCUT2D eigenvalue weighted by Gasteiger charge is -2.14. The van der Waals surface area contributed by atoms with Crippen LogP contribution >= 0.6 is 11.6 Å². The Morgan fingerprint density at radius 3 is 2.63 bits per heavy atom. The fourth-order valence-electron chi connectivity index (χ4n) is 1.79. The number of aryl methyl sites for hydroxylation is 1. The highest BCUT2D eigenvalue weighted by atomic mass is 35.5. The van der Waals surface area contributed by atoms with Gasteiger partial charge in [-0.15, -0.1) is 0 Å². The molecule has 5 nitrogen and oxygen atoms in total. The topological polar surface area (TPSA) is 78.4 Å². The van der Waals surface area contributed by atoms with E-state index in [4.69, 9.17) is 16.7 Å². The average molecular weight is 283 g/mol. The SMILES string of the molecule is Cc1ccc(NC(=O)NC(C(=O)O)C2CC2)cc1Cl. The van der Waals surface area contributed by atoms with Crippen LogP contribution < -0.4 is 10.6 Å². The van der Waals surface area contributed by atoms with Crippen molar-refractivity contribution >= 4 is 29.3 Å². The Balaban J connectivity index is 1.96. The molecule has 102 valence electrons. The van der Waals surface area contributed by atoms with Crippen LogP contribution in [0.4, 0.5) is 10.5 Å². The second kappa shape index (κ2) is 5.48. The van der Waals surface area contributed by atoms with Crippen LogP contribution in [0, 0.1) is 12.8 Å². The largest absolute Gasteiger partial charge is 0.480 e. The summed E-state index contributed by atoms with van der Waals surface area (Å²) in [7, 11) is 0. The van der Waals surface area contributed by atoms with Crippen LogP contribution in [0.2, 0.25) is 5.02 Å². The number of urea groups is 1. The number of carbonyl (C=O) groups excluding carboxylic acids is 1. The molecule has 1 aromatic carbocycles. The molecule has 1 fully saturated rings. The second-order valence-corrected chi connectivity index (χ2v) is 5.12. The third kappa shape index (κ3) is 3.61. The minimum atomic E-state index is -1.00. The minimum Gasteiger partial charge on any atom is -0.480 e. The molecular formula is C13H15ClN2O3. The van der Waals surface area contributed by atoms with E-state index in [1.54, 1.807) is 18.2 Å². The van der Waals surface area contributed by atoms with Gasteiger partial charge in [0.1, 0.15) is 6.04 Å². The summed E-state index contributed by atoms with van der Waals surface area (Å²) in [6.07, 6.45) is 1.68. The normalized spacial score (nSPS) is 15.7. The van der Waals surface area contributed by atoms with Crippen molar-refractivity contribution in [2.75, 3.05) is 5.32 Å². The van der Waals surface area contributed by atoms with Crippen molar-refractivity contribution in [3.8, 4) is 0 Å². The molecule has 1 unspecified atom stereocenters. The standard InChI is InChI=1S/C13H15ClN2O3/c1-7-2-5-9(6-10(7)14)15-13(19)16-11(12(17)18)8-3-4-8/h2,5-6,8,11H,3-4H2,1H3,(H,17,18)(H2,15,16,19). The molecule has 1 atom stereocenters. The fourth-order valence-corrected chi connectivity index (χ4v) is 1.97. The van der Waals surface area contributed by atoms with Crippen LogP contribution in [0.3, 0.4) is 0 Å². The first kappa shape index (κ1) is 13.7. The van der Waals surface area contributed by atoms with Gasteiger partial charge in [0.2, 0.25) is 0 Å². The summed E-state index contributed by atoms with van der Waals surface area (Å²) >= 11 is 5.95. The molecule has 0 aromatic heterocycles. The second-order valence-electron chi connectivity index (χ2n) is 4.72. The molecule has 1 aromatic rings. The van der Waals surface area contributed by atoms with E-state index in [-0.39, 0.29) is 5.92 Å². The molecule has 0 heterocycles. The van der Waals surface area contributed by atoms with Gasteiger partial charge in [-0.05, 0) is 43.4 Å². The van der Waals surface area contributed by atoms with Gasteiger partial charge >= 0.3 is 12.0 Å². The molecule has 0 bridgehead atoms. The Hall–Kier alpha value is -1.75. The number of halogens is 1. The number of carboxylic acids is 1. The predicted octanol–water partition coefficient (Wildman–Crippen LogP) is 2.63. The van der Waals surface area contributed by atoms with Crippen LogP contribution in [-0.2, 0) is 4.79 Å². The van der Waals surface area contributed by atoms with E-state index in [2.05, 4.69) is 10.6 Å². The van der Waals surface area contributed by atoms with Gasteiger partial charge in [-0.3, -0.25) is 0 Å². The zero-order valence-corrected chi connectivity index (χ0v) is 11.2. The number of hydrogen-bond donors (Lipinski definition) is 3. The van der Waals surface area contributed by atoms with E-state index in [0.29, 0.717) is 10.7 Å². The number of carboxylic acid groups (broad SMARTS) is 1. The third-order valence-electron chi connectivity index (χ3n) is 3.08. The molecule has 2 amide bonds. The summed E-state index contributed by atoms with van der Waals surface area (Å²) in [5.41, 5.74) is 1.45. The van der Waals surface area contributed by atoms with Gasteiger partial charge in [0.05, 0.1) is 0 Å². The Bertz CT molecular complexity index is 515. The highest BCUT2D eigenvalue weighted by molar-refractivity contribution is 6.31. The molecule has 1 aliphatic carbocycles. The van der Waals surface area contributed by atoms with Gasteiger partial charge in [0, 0.05) is 10.7 Å². The number of hydrogen-bond acceptors (Lipinski definition) is 2. The molecule has 2 rings (SSSR count).